The topological polar surface area (TPSA) is 95.6 Å². The summed E-state index contributed by atoms with van der Waals surface area (Å²) in [5, 5.41) is 0.160. The largest absolute Gasteiger partial charge is 0.497 e. The lowest BCUT2D eigenvalue weighted by molar-refractivity contribution is 0.0782. The number of carbonyl (C=O) groups excluding carboxylic acids is 1. The molecule has 4 aromatic rings. The van der Waals surface area contributed by atoms with Crippen molar-refractivity contribution in [2.75, 3.05) is 25.5 Å². The fourth-order valence-electron chi connectivity index (χ4n) is 3.50. The van der Waals surface area contributed by atoms with Gasteiger partial charge in [0.25, 0.3) is 15.9 Å². The van der Waals surface area contributed by atoms with Crippen LogP contribution in [0.15, 0.2) is 71.6 Å². The summed E-state index contributed by atoms with van der Waals surface area (Å²) in [7, 11) is 0.646. The molecule has 0 unspecified atom stereocenters. The zero-order chi connectivity index (χ0) is 24.5. The number of methoxy groups -OCH3 is 1. The maximum atomic E-state index is 13.2. The predicted molar refractivity (Wildman–Crippen MR) is 132 cm³/mol. The second kappa shape index (κ2) is 9.36. The van der Waals surface area contributed by atoms with E-state index in [9.17, 15) is 13.2 Å². The summed E-state index contributed by atoms with van der Waals surface area (Å²) in [6, 6.07) is 18.3. The van der Waals surface area contributed by atoms with Crippen molar-refractivity contribution in [1.29, 1.82) is 0 Å². The molecule has 8 nitrogen and oxygen atoms in total. The number of halogens is 1. The van der Waals surface area contributed by atoms with Crippen LogP contribution in [0.2, 0.25) is 5.02 Å². The van der Waals surface area contributed by atoms with Gasteiger partial charge >= 0.3 is 0 Å². The number of ether oxygens (including phenoxy) is 1. The van der Waals surface area contributed by atoms with Crippen LogP contribution in [-0.4, -0.2) is 50.4 Å². The van der Waals surface area contributed by atoms with Crippen LogP contribution in [-0.2, 0) is 16.6 Å². The van der Waals surface area contributed by atoms with E-state index in [-0.39, 0.29) is 22.0 Å². The Morgan fingerprint density at radius 3 is 2.44 bits per heavy atom. The molecular formula is C24H23ClN4O4S. The summed E-state index contributed by atoms with van der Waals surface area (Å²) in [5.74, 6) is 0.798. The Balaban J connectivity index is 1.59. The Morgan fingerprint density at radius 1 is 1.06 bits per heavy atom. The highest BCUT2D eigenvalue weighted by atomic mass is 35.5. The number of rotatable bonds is 7. The molecule has 34 heavy (non-hydrogen) atoms. The van der Waals surface area contributed by atoms with E-state index in [0.29, 0.717) is 17.3 Å². The summed E-state index contributed by atoms with van der Waals surface area (Å²) in [5.41, 5.74) is 2.20. The third-order valence-electron chi connectivity index (χ3n) is 5.43. The lowest BCUT2D eigenvalue weighted by atomic mass is 10.2. The molecule has 0 atom stereocenters. The fourth-order valence-corrected chi connectivity index (χ4v) is 4.92. The molecule has 1 amide bonds. The van der Waals surface area contributed by atoms with Crippen molar-refractivity contribution in [1.82, 2.24) is 14.9 Å². The van der Waals surface area contributed by atoms with Crippen molar-refractivity contribution in [3.8, 4) is 5.75 Å². The van der Waals surface area contributed by atoms with E-state index >= 15 is 0 Å². The van der Waals surface area contributed by atoms with E-state index in [1.54, 1.807) is 31.3 Å². The first-order valence-electron chi connectivity index (χ1n) is 10.3. The van der Waals surface area contributed by atoms with E-state index in [1.165, 1.54) is 37.3 Å². The first kappa shape index (κ1) is 23.6. The number of benzene rings is 3. The van der Waals surface area contributed by atoms with Crippen molar-refractivity contribution in [3.05, 3.63) is 83.1 Å². The Bertz CT molecular complexity index is 1420. The smallest absolute Gasteiger partial charge is 0.264 e. The highest BCUT2D eigenvalue weighted by Crippen LogP contribution is 2.27. The van der Waals surface area contributed by atoms with E-state index < -0.39 is 15.9 Å². The van der Waals surface area contributed by atoms with Crippen molar-refractivity contribution in [2.24, 2.45) is 0 Å². The number of imidazole rings is 1. The van der Waals surface area contributed by atoms with Gasteiger partial charge in [0.2, 0.25) is 0 Å². The number of carbonyl (C=O) groups is 1. The number of para-hydroxylation sites is 2. The summed E-state index contributed by atoms with van der Waals surface area (Å²) in [6.45, 7) is 0.201. The van der Waals surface area contributed by atoms with Crippen molar-refractivity contribution in [3.63, 3.8) is 0 Å². The minimum atomic E-state index is -3.94. The van der Waals surface area contributed by atoms with Gasteiger partial charge in [-0.1, -0.05) is 23.7 Å². The van der Waals surface area contributed by atoms with Crippen LogP contribution in [0.1, 0.15) is 16.2 Å². The third-order valence-corrected chi connectivity index (χ3v) is 7.55. The molecule has 3 aromatic carbocycles. The Labute approximate surface area is 202 Å². The molecule has 176 valence electrons. The molecular weight excluding hydrogens is 476 g/mol. The molecule has 0 spiro atoms. The quantitative estimate of drug-likeness (QED) is 0.409. The lowest BCUT2D eigenvalue weighted by Crippen LogP contribution is -2.29. The monoisotopic (exact) mass is 498 g/mol. The number of hydrogen-bond acceptors (Lipinski definition) is 5. The summed E-state index contributed by atoms with van der Waals surface area (Å²) < 4.78 is 32.8. The number of hydrogen-bond donors (Lipinski definition) is 1. The minimum Gasteiger partial charge on any atom is -0.497 e. The van der Waals surface area contributed by atoms with Gasteiger partial charge in [0.05, 0.1) is 45.9 Å². The number of anilines is 1. The minimum absolute atomic E-state index is 0.0456. The second-order valence-corrected chi connectivity index (χ2v) is 10.1. The van der Waals surface area contributed by atoms with Gasteiger partial charge < -0.3 is 14.6 Å². The Hall–Kier alpha value is -3.56. The first-order chi connectivity index (χ1) is 16.2. The number of sulfonamides is 1. The number of aromatic amines is 1. The number of amides is 1. The first-order valence-corrected chi connectivity index (χ1v) is 12.1. The number of H-pyrrole nitrogens is 1. The zero-order valence-electron chi connectivity index (χ0n) is 18.8. The SMILES string of the molecule is COc1ccc(N(C)S(=O)(=O)c2ccc(Cl)c(C(=O)N(C)Cc3nc4ccccc4[nH]3)c2)cc1. The average Bonchev–Trinajstić information content (AvgIpc) is 3.25. The molecule has 0 saturated carbocycles. The molecule has 0 bridgehead atoms. The predicted octanol–water partition coefficient (Wildman–Crippen LogP) is 4.32. The molecule has 1 N–H and O–H groups in total. The maximum Gasteiger partial charge on any atom is 0.264 e. The van der Waals surface area contributed by atoms with Gasteiger partial charge in [-0.15, -0.1) is 0 Å². The molecule has 0 aliphatic carbocycles. The molecule has 0 radical (unpaired) electrons. The Kier molecular flexibility index (Phi) is 6.49. The van der Waals surface area contributed by atoms with Gasteiger partial charge in [-0.25, -0.2) is 13.4 Å². The number of fused-ring (bicyclic) bond motifs is 1. The molecule has 10 heteroatoms. The summed E-state index contributed by atoms with van der Waals surface area (Å²) in [4.78, 5) is 22.2. The van der Waals surface area contributed by atoms with Crippen LogP contribution in [0.5, 0.6) is 5.75 Å². The number of nitrogens with one attached hydrogen (secondary N) is 1. The van der Waals surface area contributed by atoms with Crippen LogP contribution in [0, 0.1) is 0 Å². The molecule has 0 aliphatic heterocycles. The normalized spacial score (nSPS) is 11.4. The van der Waals surface area contributed by atoms with Crippen molar-refractivity contribution in [2.45, 2.75) is 11.4 Å². The third kappa shape index (κ3) is 4.57. The van der Waals surface area contributed by atoms with Crippen LogP contribution in [0.3, 0.4) is 0 Å². The number of nitrogens with zero attached hydrogens (tertiary/aromatic N) is 3. The second-order valence-electron chi connectivity index (χ2n) is 7.67. The van der Waals surface area contributed by atoms with Gasteiger partial charge in [-0.3, -0.25) is 9.10 Å². The van der Waals surface area contributed by atoms with Crippen LogP contribution >= 0.6 is 11.6 Å². The van der Waals surface area contributed by atoms with Crippen molar-refractivity contribution < 1.29 is 17.9 Å². The van der Waals surface area contributed by atoms with Crippen LogP contribution in [0.4, 0.5) is 5.69 Å². The number of aromatic nitrogens is 2. The van der Waals surface area contributed by atoms with Crippen molar-refractivity contribution >= 4 is 44.3 Å². The Morgan fingerprint density at radius 2 is 1.76 bits per heavy atom. The van der Waals surface area contributed by atoms with Gasteiger partial charge in [0.15, 0.2) is 0 Å². The van der Waals surface area contributed by atoms with E-state index in [2.05, 4.69) is 9.97 Å². The fraction of sp³-hybridized carbons (Fsp3) is 0.167. The van der Waals surface area contributed by atoms with Gasteiger partial charge in [0, 0.05) is 14.1 Å². The highest BCUT2D eigenvalue weighted by molar-refractivity contribution is 7.92. The van der Waals surface area contributed by atoms with E-state index in [4.69, 9.17) is 16.3 Å². The van der Waals surface area contributed by atoms with Gasteiger partial charge in [0.1, 0.15) is 11.6 Å². The standard InChI is InChI=1S/C24H23ClN4O4S/c1-28(15-23-26-21-6-4-5-7-22(21)27-23)24(30)19-14-18(12-13-20(19)25)34(31,32)29(2)16-8-10-17(33-3)11-9-16/h4-14H,15H2,1-3H3,(H,26,27). The molecule has 4 rings (SSSR count). The summed E-state index contributed by atoms with van der Waals surface area (Å²) >= 11 is 6.29. The van der Waals surface area contributed by atoms with Crippen LogP contribution < -0.4 is 9.04 Å². The van der Waals surface area contributed by atoms with E-state index in [0.717, 1.165) is 15.3 Å². The molecule has 0 aliphatic rings. The zero-order valence-corrected chi connectivity index (χ0v) is 20.4. The highest BCUT2D eigenvalue weighted by Gasteiger charge is 2.25. The average molecular weight is 499 g/mol. The molecule has 0 saturated heterocycles. The van der Waals surface area contributed by atoms with Gasteiger partial charge in [-0.2, -0.15) is 0 Å². The molecule has 0 fully saturated rings. The molecule has 1 heterocycles. The molecule has 1 aromatic heterocycles. The summed E-state index contributed by atoms with van der Waals surface area (Å²) in [6.07, 6.45) is 0. The van der Waals surface area contributed by atoms with Crippen LogP contribution in [0.25, 0.3) is 11.0 Å². The maximum absolute atomic E-state index is 13.2. The lowest BCUT2D eigenvalue weighted by Gasteiger charge is -2.21. The van der Waals surface area contributed by atoms with Gasteiger partial charge in [-0.05, 0) is 54.6 Å². The van der Waals surface area contributed by atoms with E-state index in [1.807, 2.05) is 24.3 Å².